The molecule has 0 atom stereocenters. The van der Waals surface area contributed by atoms with Crippen molar-refractivity contribution in [1.29, 1.82) is 0 Å². The molecule has 2 aliphatic rings. The van der Waals surface area contributed by atoms with Crippen molar-refractivity contribution in [2.45, 2.75) is 58.4 Å². The topological polar surface area (TPSA) is 20.3 Å². The molecule has 2 rings (SSSR count). The Kier molecular flexibility index (Phi) is 4.01. The third kappa shape index (κ3) is 2.85. The third-order valence-corrected chi connectivity index (χ3v) is 4.27. The highest BCUT2D eigenvalue weighted by atomic mass is 16.1. The van der Waals surface area contributed by atoms with Gasteiger partial charge in [-0.3, -0.25) is 4.79 Å². The van der Waals surface area contributed by atoms with E-state index < -0.39 is 0 Å². The lowest BCUT2D eigenvalue weighted by atomic mass is 9.81. The van der Waals surface area contributed by atoms with Gasteiger partial charge >= 0.3 is 0 Å². The number of nitrogens with zero attached hydrogens (tertiary/aromatic N) is 1. The van der Waals surface area contributed by atoms with Gasteiger partial charge in [-0.2, -0.15) is 0 Å². The monoisotopic (exact) mass is 223 g/mol. The zero-order chi connectivity index (χ0) is 11.5. The predicted molar refractivity (Wildman–Crippen MR) is 66.4 cm³/mol. The maximum absolute atomic E-state index is 12.1. The molecule has 0 amide bonds. The average Bonchev–Trinajstić information content (AvgIpc) is 2.23. The molecule has 0 N–H and O–H groups in total. The van der Waals surface area contributed by atoms with Crippen molar-refractivity contribution in [3.63, 3.8) is 0 Å². The van der Waals surface area contributed by atoms with Crippen molar-refractivity contribution in [2.75, 3.05) is 13.1 Å². The summed E-state index contributed by atoms with van der Waals surface area (Å²) in [6, 6.07) is 0.654. The quantitative estimate of drug-likeness (QED) is 0.730. The predicted octanol–water partition coefficient (Wildman–Crippen LogP) is 2.87. The Labute approximate surface area is 99.4 Å². The van der Waals surface area contributed by atoms with E-state index in [2.05, 4.69) is 18.7 Å². The highest BCUT2D eigenvalue weighted by Gasteiger charge is 2.32. The van der Waals surface area contributed by atoms with Crippen LogP contribution < -0.4 is 0 Å². The zero-order valence-corrected chi connectivity index (χ0v) is 10.7. The first-order valence-electron chi connectivity index (χ1n) is 6.93. The van der Waals surface area contributed by atoms with Gasteiger partial charge in [0.2, 0.25) is 0 Å². The van der Waals surface area contributed by atoms with Gasteiger partial charge in [0.1, 0.15) is 5.78 Å². The maximum Gasteiger partial charge on any atom is 0.136 e. The van der Waals surface area contributed by atoms with E-state index in [4.69, 9.17) is 0 Å². The van der Waals surface area contributed by atoms with E-state index in [-0.39, 0.29) is 0 Å². The minimum absolute atomic E-state index is 0.418. The maximum atomic E-state index is 12.1. The van der Waals surface area contributed by atoms with Crippen LogP contribution in [-0.4, -0.2) is 29.8 Å². The largest absolute Gasteiger partial charge is 0.300 e. The summed E-state index contributed by atoms with van der Waals surface area (Å²) >= 11 is 0. The summed E-state index contributed by atoms with van der Waals surface area (Å²) in [6.07, 6.45) is 7.08. The highest BCUT2D eigenvalue weighted by Crippen LogP contribution is 2.29. The molecule has 1 heterocycles. The average molecular weight is 223 g/mol. The van der Waals surface area contributed by atoms with Crippen LogP contribution >= 0.6 is 0 Å². The Hall–Kier alpha value is -0.370. The van der Waals surface area contributed by atoms with E-state index in [1.807, 2.05) is 0 Å². The van der Waals surface area contributed by atoms with Crippen molar-refractivity contribution in [3.05, 3.63) is 0 Å². The van der Waals surface area contributed by atoms with Crippen molar-refractivity contribution in [2.24, 2.45) is 11.8 Å². The Morgan fingerprint density at radius 3 is 2.38 bits per heavy atom. The third-order valence-electron chi connectivity index (χ3n) is 4.27. The zero-order valence-electron chi connectivity index (χ0n) is 10.7. The number of carbonyl (C=O) groups excluding carboxylic acids is 1. The lowest BCUT2D eigenvalue weighted by Crippen LogP contribution is -2.51. The molecule has 0 radical (unpaired) electrons. The van der Waals surface area contributed by atoms with Crippen molar-refractivity contribution < 1.29 is 4.79 Å². The number of carbonyl (C=O) groups is 1. The fourth-order valence-electron chi connectivity index (χ4n) is 3.04. The first-order chi connectivity index (χ1) is 7.66. The smallest absolute Gasteiger partial charge is 0.136 e. The molecule has 1 aliphatic heterocycles. The molecule has 0 aromatic carbocycles. The summed E-state index contributed by atoms with van der Waals surface area (Å²) in [5.41, 5.74) is 0. The lowest BCUT2D eigenvalue weighted by Gasteiger charge is -2.42. The molecular weight excluding hydrogens is 198 g/mol. The Bertz CT molecular complexity index is 237. The summed E-state index contributed by atoms with van der Waals surface area (Å²) in [5.74, 6) is 1.65. The van der Waals surface area contributed by atoms with Crippen LogP contribution in [0.2, 0.25) is 0 Å². The summed E-state index contributed by atoms with van der Waals surface area (Å²) in [5, 5.41) is 0. The molecule has 1 aliphatic carbocycles. The SMILES string of the molecule is CC(C)N1CC(CC(=O)C2CCCCC2)C1. The van der Waals surface area contributed by atoms with Crippen LogP contribution in [0.5, 0.6) is 0 Å². The Morgan fingerprint density at radius 2 is 1.81 bits per heavy atom. The van der Waals surface area contributed by atoms with E-state index >= 15 is 0 Å². The molecule has 0 spiro atoms. The summed E-state index contributed by atoms with van der Waals surface area (Å²) < 4.78 is 0. The van der Waals surface area contributed by atoms with Crippen LogP contribution in [0.1, 0.15) is 52.4 Å². The standard InChI is InChI=1S/C14H25NO/c1-11(2)15-9-12(10-15)8-14(16)13-6-4-3-5-7-13/h11-13H,3-10H2,1-2H3. The molecule has 1 saturated heterocycles. The van der Waals surface area contributed by atoms with Gasteiger partial charge in [0, 0.05) is 31.5 Å². The van der Waals surface area contributed by atoms with Gasteiger partial charge in [-0.25, -0.2) is 0 Å². The Balaban J connectivity index is 1.68. The number of hydrogen-bond acceptors (Lipinski definition) is 2. The number of Topliss-reactive ketones (excluding diaryl/α,β-unsaturated/α-hetero) is 1. The molecule has 0 aromatic heterocycles. The van der Waals surface area contributed by atoms with E-state index in [0.29, 0.717) is 23.7 Å². The van der Waals surface area contributed by atoms with Crippen LogP contribution in [-0.2, 0) is 4.79 Å². The Morgan fingerprint density at radius 1 is 1.19 bits per heavy atom. The van der Waals surface area contributed by atoms with Crippen LogP contribution in [0, 0.1) is 11.8 Å². The second-order valence-electron chi connectivity index (χ2n) is 5.92. The van der Waals surface area contributed by atoms with Gasteiger partial charge < -0.3 is 4.90 Å². The summed E-state index contributed by atoms with van der Waals surface area (Å²) in [7, 11) is 0. The normalized spacial score (nSPS) is 24.7. The second kappa shape index (κ2) is 5.31. The van der Waals surface area contributed by atoms with Gasteiger partial charge in [0.15, 0.2) is 0 Å². The van der Waals surface area contributed by atoms with Gasteiger partial charge in [-0.15, -0.1) is 0 Å². The molecule has 2 heteroatoms. The van der Waals surface area contributed by atoms with Crippen molar-refractivity contribution in [3.8, 4) is 0 Å². The fourth-order valence-corrected chi connectivity index (χ4v) is 3.04. The van der Waals surface area contributed by atoms with Gasteiger partial charge in [0.25, 0.3) is 0 Å². The molecule has 0 bridgehead atoms. The van der Waals surface area contributed by atoms with Gasteiger partial charge in [-0.05, 0) is 32.6 Å². The summed E-state index contributed by atoms with van der Waals surface area (Å²) in [4.78, 5) is 14.5. The van der Waals surface area contributed by atoms with E-state index in [1.165, 1.54) is 32.1 Å². The first-order valence-corrected chi connectivity index (χ1v) is 6.93. The van der Waals surface area contributed by atoms with E-state index in [9.17, 15) is 4.79 Å². The van der Waals surface area contributed by atoms with Gasteiger partial charge in [0.05, 0.1) is 0 Å². The number of hydrogen-bond donors (Lipinski definition) is 0. The van der Waals surface area contributed by atoms with Crippen LogP contribution in [0.3, 0.4) is 0 Å². The van der Waals surface area contributed by atoms with Crippen LogP contribution in [0.25, 0.3) is 0 Å². The van der Waals surface area contributed by atoms with E-state index in [0.717, 1.165) is 19.5 Å². The summed E-state index contributed by atoms with van der Waals surface area (Å²) in [6.45, 7) is 6.77. The molecule has 16 heavy (non-hydrogen) atoms. The van der Waals surface area contributed by atoms with Crippen LogP contribution in [0.15, 0.2) is 0 Å². The van der Waals surface area contributed by atoms with E-state index in [1.54, 1.807) is 0 Å². The van der Waals surface area contributed by atoms with Gasteiger partial charge in [-0.1, -0.05) is 19.3 Å². The molecule has 92 valence electrons. The first kappa shape index (κ1) is 12.1. The molecular formula is C14H25NO. The van der Waals surface area contributed by atoms with Crippen molar-refractivity contribution >= 4 is 5.78 Å². The fraction of sp³-hybridized carbons (Fsp3) is 0.929. The molecule has 1 saturated carbocycles. The molecule has 0 aromatic rings. The number of likely N-dealkylation sites (tertiary alicyclic amines) is 1. The molecule has 2 nitrogen and oxygen atoms in total. The molecule has 2 fully saturated rings. The minimum Gasteiger partial charge on any atom is -0.300 e. The lowest BCUT2D eigenvalue weighted by molar-refractivity contribution is -0.126. The van der Waals surface area contributed by atoms with Crippen molar-refractivity contribution in [1.82, 2.24) is 4.90 Å². The number of ketones is 1. The molecule has 0 unspecified atom stereocenters. The number of rotatable bonds is 4. The van der Waals surface area contributed by atoms with Crippen LogP contribution in [0.4, 0.5) is 0 Å². The highest BCUT2D eigenvalue weighted by molar-refractivity contribution is 5.81. The minimum atomic E-state index is 0.418. The second-order valence-corrected chi connectivity index (χ2v) is 5.92.